The lowest BCUT2D eigenvalue weighted by Crippen LogP contribution is -2.43. The minimum atomic E-state index is -0.0159. The lowest BCUT2D eigenvalue weighted by molar-refractivity contribution is -0.125. The summed E-state index contributed by atoms with van der Waals surface area (Å²) in [7, 11) is 0. The van der Waals surface area contributed by atoms with Crippen LogP contribution in [-0.4, -0.2) is 33.9 Å². The van der Waals surface area contributed by atoms with Crippen molar-refractivity contribution in [3.05, 3.63) is 59.5 Å². The van der Waals surface area contributed by atoms with Gasteiger partial charge in [0, 0.05) is 32.0 Å². The third-order valence-corrected chi connectivity index (χ3v) is 5.51. The van der Waals surface area contributed by atoms with Crippen molar-refractivity contribution in [2.45, 2.75) is 33.2 Å². The van der Waals surface area contributed by atoms with Crippen LogP contribution in [0.15, 0.2) is 42.9 Å². The Labute approximate surface area is 165 Å². The van der Waals surface area contributed by atoms with Crippen LogP contribution < -0.4 is 10.2 Å². The number of fused-ring (bicyclic) bond motifs is 1. The molecular formula is C22H25N5O. The zero-order valence-electron chi connectivity index (χ0n) is 16.4. The van der Waals surface area contributed by atoms with Gasteiger partial charge in [0.25, 0.3) is 0 Å². The Morgan fingerprint density at radius 3 is 2.86 bits per heavy atom. The summed E-state index contributed by atoms with van der Waals surface area (Å²) in [6, 6.07) is 8.33. The number of nitrogens with zero attached hydrogens (tertiary/aromatic N) is 4. The first kappa shape index (κ1) is 18.3. The fourth-order valence-corrected chi connectivity index (χ4v) is 3.69. The maximum absolute atomic E-state index is 12.7. The smallest absolute Gasteiger partial charge is 0.225 e. The largest absolute Gasteiger partial charge is 0.369 e. The number of aromatic nitrogens is 3. The number of hydrogen-bond donors (Lipinski definition) is 1. The second-order valence-corrected chi connectivity index (χ2v) is 7.51. The Hall–Kier alpha value is -3.02. The maximum atomic E-state index is 12.7. The minimum absolute atomic E-state index is 0.0159. The Morgan fingerprint density at radius 1 is 1.14 bits per heavy atom. The van der Waals surface area contributed by atoms with E-state index in [1.807, 2.05) is 12.3 Å². The first-order valence-electron chi connectivity index (χ1n) is 9.76. The summed E-state index contributed by atoms with van der Waals surface area (Å²) in [5.74, 6) is 0.106. The van der Waals surface area contributed by atoms with E-state index in [0.29, 0.717) is 18.7 Å². The van der Waals surface area contributed by atoms with E-state index >= 15 is 0 Å². The van der Waals surface area contributed by atoms with Crippen LogP contribution in [0.4, 0.5) is 5.69 Å². The molecule has 1 saturated heterocycles. The summed E-state index contributed by atoms with van der Waals surface area (Å²) in [4.78, 5) is 27.9. The number of carbonyl (C=O) groups is 1. The van der Waals surface area contributed by atoms with Crippen molar-refractivity contribution in [3.8, 4) is 0 Å². The molecule has 28 heavy (non-hydrogen) atoms. The second-order valence-electron chi connectivity index (χ2n) is 7.51. The molecule has 0 bridgehead atoms. The number of benzene rings is 1. The van der Waals surface area contributed by atoms with E-state index in [1.165, 1.54) is 11.1 Å². The van der Waals surface area contributed by atoms with Crippen LogP contribution in [0.3, 0.4) is 0 Å². The van der Waals surface area contributed by atoms with Gasteiger partial charge in [-0.05, 0) is 49.4 Å². The maximum Gasteiger partial charge on any atom is 0.225 e. The van der Waals surface area contributed by atoms with Crippen LogP contribution in [0, 0.1) is 19.8 Å². The third-order valence-electron chi connectivity index (χ3n) is 5.51. The number of pyridine rings is 1. The first-order chi connectivity index (χ1) is 13.6. The molecule has 0 saturated carbocycles. The molecule has 3 aromatic rings. The van der Waals surface area contributed by atoms with Crippen molar-refractivity contribution in [3.63, 3.8) is 0 Å². The highest BCUT2D eigenvalue weighted by molar-refractivity contribution is 5.80. The van der Waals surface area contributed by atoms with Crippen LogP contribution in [0.2, 0.25) is 0 Å². The standard InChI is InChI=1S/C22H25N5O/c1-15-5-6-17(10-16(15)2)12-26-22(28)18-4-3-9-27(14-18)19-11-20-21(25-13-19)24-8-7-23-20/h5-8,10-11,13,18H,3-4,9,12,14H2,1-2H3,(H,26,28). The minimum Gasteiger partial charge on any atom is -0.369 e. The van der Waals surface area contributed by atoms with Gasteiger partial charge < -0.3 is 10.2 Å². The number of rotatable bonds is 4. The van der Waals surface area contributed by atoms with Crippen LogP contribution in [0.25, 0.3) is 11.2 Å². The lowest BCUT2D eigenvalue weighted by Gasteiger charge is -2.33. The van der Waals surface area contributed by atoms with Gasteiger partial charge in [-0.3, -0.25) is 9.78 Å². The molecule has 1 atom stereocenters. The average Bonchev–Trinajstić information content (AvgIpc) is 2.74. The molecule has 0 spiro atoms. The molecule has 1 unspecified atom stereocenters. The molecule has 1 fully saturated rings. The third kappa shape index (κ3) is 3.96. The second kappa shape index (κ2) is 7.92. The zero-order valence-corrected chi connectivity index (χ0v) is 16.4. The predicted molar refractivity (Wildman–Crippen MR) is 110 cm³/mol. The van der Waals surface area contributed by atoms with Gasteiger partial charge in [0.15, 0.2) is 5.65 Å². The highest BCUT2D eigenvalue weighted by atomic mass is 16.1. The van der Waals surface area contributed by atoms with Crippen LogP contribution in [0.5, 0.6) is 0 Å². The number of anilines is 1. The lowest BCUT2D eigenvalue weighted by atomic mass is 9.96. The number of piperidine rings is 1. The Balaban J connectivity index is 1.40. The van der Waals surface area contributed by atoms with Crippen LogP contribution in [-0.2, 0) is 11.3 Å². The van der Waals surface area contributed by atoms with Crippen molar-refractivity contribution in [2.24, 2.45) is 5.92 Å². The van der Waals surface area contributed by atoms with E-state index in [4.69, 9.17) is 0 Å². The van der Waals surface area contributed by atoms with Gasteiger partial charge in [-0.1, -0.05) is 18.2 Å². The van der Waals surface area contributed by atoms with Crippen molar-refractivity contribution in [1.82, 2.24) is 20.3 Å². The Bertz CT molecular complexity index is 1000. The average molecular weight is 375 g/mol. The number of hydrogen-bond acceptors (Lipinski definition) is 5. The monoisotopic (exact) mass is 375 g/mol. The van der Waals surface area contributed by atoms with Gasteiger partial charge in [0.1, 0.15) is 5.52 Å². The molecule has 1 amide bonds. The topological polar surface area (TPSA) is 71.0 Å². The molecule has 4 rings (SSSR count). The van der Waals surface area contributed by atoms with Crippen molar-refractivity contribution in [1.29, 1.82) is 0 Å². The van der Waals surface area contributed by atoms with Gasteiger partial charge in [0.05, 0.1) is 17.8 Å². The molecule has 1 aromatic carbocycles. The summed E-state index contributed by atoms with van der Waals surface area (Å²) in [6.45, 7) is 6.40. The fourth-order valence-electron chi connectivity index (χ4n) is 3.69. The summed E-state index contributed by atoms with van der Waals surface area (Å²) < 4.78 is 0. The van der Waals surface area contributed by atoms with Crippen LogP contribution in [0.1, 0.15) is 29.5 Å². The molecule has 1 N–H and O–H groups in total. The van der Waals surface area contributed by atoms with E-state index in [1.54, 1.807) is 12.4 Å². The van der Waals surface area contributed by atoms with Crippen molar-refractivity contribution < 1.29 is 4.79 Å². The van der Waals surface area contributed by atoms with Gasteiger partial charge in [-0.2, -0.15) is 0 Å². The molecule has 2 aromatic heterocycles. The van der Waals surface area contributed by atoms with Gasteiger partial charge in [0.2, 0.25) is 5.91 Å². The number of amides is 1. The van der Waals surface area contributed by atoms with E-state index in [-0.39, 0.29) is 11.8 Å². The van der Waals surface area contributed by atoms with Crippen molar-refractivity contribution >= 4 is 22.8 Å². The van der Waals surface area contributed by atoms with E-state index in [2.05, 4.69) is 57.2 Å². The fraction of sp³-hybridized carbons (Fsp3) is 0.364. The highest BCUT2D eigenvalue weighted by Gasteiger charge is 2.26. The normalized spacial score (nSPS) is 16.9. The quantitative estimate of drug-likeness (QED) is 0.758. The van der Waals surface area contributed by atoms with Gasteiger partial charge >= 0.3 is 0 Å². The highest BCUT2D eigenvalue weighted by Crippen LogP contribution is 2.24. The SMILES string of the molecule is Cc1ccc(CNC(=O)C2CCCN(c3cnc4nccnc4c3)C2)cc1C. The Kier molecular flexibility index (Phi) is 5.19. The van der Waals surface area contributed by atoms with Gasteiger partial charge in [-0.25, -0.2) is 9.97 Å². The van der Waals surface area contributed by atoms with Crippen LogP contribution >= 0.6 is 0 Å². The summed E-state index contributed by atoms with van der Waals surface area (Å²) in [5.41, 5.74) is 6.09. The number of aryl methyl sites for hydroxylation is 2. The first-order valence-corrected chi connectivity index (χ1v) is 9.76. The zero-order chi connectivity index (χ0) is 19.5. The van der Waals surface area contributed by atoms with Gasteiger partial charge in [-0.15, -0.1) is 0 Å². The molecule has 6 nitrogen and oxygen atoms in total. The molecule has 0 aliphatic carbocycles. The summed E-state index contributed by atoms with van der Waals surface area (Å²) in [5, 5.41) is 3.11. The number of nitrogens with one attached hydrogen (secondary N) is 1. The molecule has 1 aliphatic heterocycles. The van der Waals surface area contributed by atoms with E-state index < -0.39 is 0 Å². The van der Waals surface area contributed by atoms with E-state index in [0.717, 1.165) is 36.2 Å². The molecule has 0 radical (unpaired) electrons. The molecule has 3 heterocycles. The van der Waals surface area contributed by atoms with Crippen molar-refractivity contribution in [2.75, 3.05) is 18.0 Å². The summed E-state index contributed by atoms with van der Waals surface area (Å²) >= 11 is 0. The molecule has 1 aliphatic rings. The molecular weight excluding hydrogens is 350 g/mol. The predicted octanol–water partition coefficient (Wildman–Crippen LogP) is 3.17. The summed E-state index contributed by atoms with van der Waals surface area (Å²) in [6.07, 6.45) is 7.04. The Morgan fingerprint density at radius 2 is 2.00 bits per heavy atom. The number of carbonyl (C=O) groups excluding carboxylic acids is 1. The molecule has 6 heteroatoms. The molecule has 144 valence electrons. The van der Waals surface area contributed by atoms with E-state index in [9.17, 15) is 4.79 Å².